The van der Waals surface area contributed by atoms with Crippen molar-refractivity contribution in [3.63, 3.8) is 0 Å². The van der Waals surface area contributed by atoms with Crippen LogP contribution in [-0.4, -0.2) is 22.0 Å². The summed E-state index contributed by atoms with van der Waals surface area (Å²) in [5.74, 6) is -0.149. The first kappa shape index (κ1) is 14.6. The van der Waals surface area contributed by atoms with Crippen LogP contribution in [-0.2, 0) is 4.79 Å². The SMILES string of the molecule is CC(C)(CN)C(=O)Nc1cccc(Cl)c1-n1ccnc1. The average molecular weight is 293 g/mol. The Hall–Kier alpha value is -1.85. The van der Waals surface area contributed by atoms with Crippen molar-refractivity contribution in [2.24, 2.45) is 11.1 Å². The number of carbonyl (C=O) groups excluding carboxylic acids is 1. The number of hydrogen-bond acceptors (Lipinski definition) is 3. The molecule has 2 rings (SSSR count). The van der Waals surface area contributed by atoms with Crippen LogP contribution in [0.3, 0.4) is 0 Å². The summed E-state index contributed by atoms with van der Waals surface area (Å²) in [6, 6.07) is 5.35. The Morgan fingerprint density at radius 2 is 2.25 bits per heavy atom. The van der Waals surface area contributed by atoms with E-state index in [2.05, 4.69) is 10.3 Å². The third-order valence-corrected chi connectivity index (χ3v) is 3.43. The molecule has 0 saturated heterocycles. The number of anilines is 1. The molecule has 106 valence electrons. The molecule has 6 heteroatoms. The van der Waals surface area contributed by atoms with Gasteiger partial charge in [-0.3, -0.25) is 4.79 Å². The predicted octanol–water partition coefficient (Wildman–Crippen LogP) is 2.45. The van der Waals surface area contributed by atoms with Gasteiger partial charge in [-0.05, 0) is 26.0 Å². The Balaban J connectivity index is 2.39. The minimum atomic E-state index is -0.644. The number of benzene rings is 1. The number of aromatic nitrogens is 2. The maximum absolute atomic E-state index is 12.2. The first-order valence-corrected chi connectivity index (χ1v) is 6.62. The van der Waals surface area contributed by atoms with Gasteiger partial charge in [0.15, 0.2) is 0 Å². The first-order chi connectivity index (χ1) is 9.45. The van der Waals surface area contributed by atoms with Gasteiger partial charge in [-0.25, -0.2) is 4.98 Å². The van der Waals surface area contributed by atoms with E-state index in [1.165, 1.54) is 0 Å². The molecule has 0 bridgehead atoms. The largest absolute Gasteiger partial charge is 0.329 e. The van der Waals surface area contributed by atoms with Crippen molar-refractivity contribution >= 4 is 23.2 Å². The number of rotatable bonds is 4. The number of amides is 1. The summed E-state index contributed by atoms with van der Waals surface area (Å²) in [6.45, 7) is 3.85. The monoisotopic (exact) mass is 292 g/mol. The highest BCUT2D eigenvalue weighted by Crippen LogP contribution is 2.29. The highest BCUT2D eigenvalue weighted by atomic mass is 35.5. The Kier molecular flexibility index (Phi) is 4.11. The zero-order valence-corrected chi connectivity index (χ0v) is 12.2. The smallest absolute Gasteiger partial charge is 0.231 e. The molecule has 5 nitrogen and oxygen atoms in total. The van der Waals surface area contributed by atoms with Gasteiger partial charge in [0.2, 0.25) is 5.91 Å². The zero-order valence-electron chi connectivity index (χ0n) is 11.4. The van der Waals surface area contributed by atoms with Crippen LogP contribution in [0.15, 0.2) is 36.9 Å². The third kappa shape index (κ3) is 2.84. The zero-order chi connectivity index (χ0) is 14.8. The summed E-state index contributed by atoms with van der Waals surface area (Å²) in [5, 5.41) is 3.41. The van der Waals surface area contributed by atoms with Gasteiger partial charge in [0.05, 0.1) is 28.1 Å². The number of nitrogens with one attached hydrogen (secondary N) is 1. The molecule has 1 heterocycles. The molecule has 3 N–H and O–H groups in total. The second-order valence-electron chi connectivity index (χ2n) is 5.15. The van der Waals surface area contributed by atoms with Crippen LogP contribution in [0.1, 0.15) is 13.8 Å². The fraction of sp³-hybridized carbons (Fsp3) is 0.286. The average Bonchev–Trinajstić information content (AvgIpc) is 2.92. The maximum atomic E-state index is 12.2. The molecule has 0 radical (unpaired) electrons. The molecule has 0 unspecified atom stereocenters. The van der Waals surface area contributed by atoms with Crippen molar-refractivity contribution in [1.82, 2.24) is 9.55 Å². The van der Waals surface area contributed by atoms with Crippen molar-refractivity contribution in [3.8, 4) is 5.69 Å². The number of nitrogens with two attached hydrogens (primary N) is 1. The highest BCUT2D eigenvalue weighted by molar-refractivity contribution is 6.33. The van der Waals surface area contributed by atoms with E-state index in [0.29, 0.717) is 16.4 Å². The standard InChI is InChI=1S/C14H17ClN4O/c1-14(2,8-16)13(20)18-11-5-3-4-10(15)12(11)19-7-6-17-9-19/h3-7,9H,8,16H2,1-2H3,(H,18,20). The van der Waals surface area contributed by atoms with Gasteiger partial charge in [-0.15, -0.1) is 0 Å². The molecule has 0 aliphatic heterocycles. The molecule has 0 spiro atoms. The van der Waals surface area contributed by atoms with E-state index in [1.54, 1.807) is 55.3 Å². The topological polar surface area (TPSA) is 72.9 Å². The van der Waals surface area contributed by atoms with E-state index < -0.39 is 5.41 Å². The lowest BCUT2D eigenvalue weighted by molar-refractivity contribution is -0.123. The summed E-state index contributed by atoms with van der Waals surface area (Å²) in [7, 11) is 0. The normalized spacial score (nSPS) is 11.4. The van der Waals surface area contributed by atoms with Crippen LogP contribution in [0.5, 0.6) is 0 Å². The summed E-state index contributed by atoms with van der Waals surface area (Å²) >= 11 is 6.23. The molecule has 1 aromatic carbocycles. The fourth-order valence-corrected chi connectivity index (χ4v) is 1.93. The molecular weight excluding hydrogens is 276 g/mol. The molecule has 0 aliphatic carbocycles. The summed E-state index contributed by atoms with van der Waals surface area (Å²) in [6.07, 6.45) is 5.05. The minimum Gasteiger partial charge on any atom is -0.329 e. The van der Waals surface area contributed by atoms with Crippen LogP contribution in [0.4, 0.5) is 5.69 Å². The Morgan fingerprint density at radius 1 is 1.50 bits per heavy atom. The Labute approximate surface area is 122 Å². The molecule has 0 saturated carbocycles. The van der Waals surface area contributed by atoms with E-state index in [4.69, 9.17) is 17.3 Å². The van der Waals surface area contributed by atoms with E-state index in [0.717, 1.165) is 0 Å². The van der Waals surface area contributed by atoms with Crippen LogP contribution < -0.4 is 11.1 Å². The number of para-hydroxylation sites is 1. The van der Waals surface area contributed by atoms with Crippen molar-refractivity contribution in [2.45, 2.75) is 13.8 Å². The van der Waals surface area contributed by atoms with Gasteiger partial charge in [0.25, 0.3) is 0 Å². The van der Waals surface area contributed by atoms with Crippen LogP contribution in [0.25, 0.3) is 5.69 Å². The predicted molar refractivity (Wildman–Crippen MR) is 80.0 cm³/mol. The highest BCUT2D eigenvalue weighted by Gasteiger charge is 2.26. The molecule has 2 aromatic rings. The number of nitrogens with zero attached hydrogens (tertiary/aromatic N) is 2. The van der Waals surface area contributed by atoms with Crippen molar-refractivity contribution in [3.05, 3.63) is 41.9 Å². The number of carbonyl (C=O) groups is 1. The first-order valence-electron chi connectivity index (χ1n) is 6.24. The van der Waals surface area contributed by atoms with Gasteiger partial charge in [0, 0.05) is 18.9 Å². The number of hydrogen-bond donors (Lipinski definition) is 2. The van der Waals surface area contributed by atoms with Gasteiger partial charge >= 0.3 is 0 Å². The van der Waals surface area contributed by atoms with Crippen LogP contribution >= 0.6 is 11.6 Å². The van der Waals surface area contributed by atoms with Gasteiger partial charge in [-0.1, -0.05) is 17.7 Å². The Bertz CT molecular complexity index is 608. The lowest BCUT2D eigenvalue weighted by Gasteiger charge is -2.22. The van der Waals surface area contributed by atoms with Gasteiger partial charge in [-0.2, -0.15) is 0 Å². The lowest BCUT2D eigenvalue weighted by atomic mass is 9.92. The van der Waals surface area contributed by atoms with Crippen molar-refractivity contribution in [2.75, 3.05) is 11.9 Å². The molecular formula is C14H17ClN4O. The second kappa shape index (κ2) is 5.64. The summed E-state index contributed by atoms with van der Waals surface area (Å²) in [5.41, 5.74) is 6.29. The molecule has 20 heavy (non-hydrogen) atoms. The minimum absolute atomic E-state index is 0.149. The molecule has 0 fully saturated rings. The number of imidazole rings is 1. The van der Waals surface area contributed by atoms with Crippen LogP contribution in [0.2, 0.25) is 5.02 Å². The molecule has 0 aliphatic rings. The lowest BCUT2D eigenvalue weighted by Crippen LogP contribution is -2.37. The number of halogens is 1. The third-order valence-electron chi connectivity index (χ3n) is 3.12. The second-order valence-corrected chi connectivity index (χ2v) is 5.56. The van der Waals surface area contributed by atoms with Crippen LogP contribution in [0, 0.1) is 5.41 Å². The molecule has 1 amide bonds. The van der Waals surface area contributed by atoms with Crippen molar-refractivity contribution in [1.29, 1.82) is 0 Å². The quantitative estimate of drug-likeness (QED) is 0.909. The fourth-order valence-electron chi connectivity index (χ4n) is 1.65. The van der Waals surface area contributed by atoms with Gasteiger partial charge in [0.1, 0.15) is 0 Å². The van der Waals surface area contributed by atoms with Crippen molar-refractivity contribution < 1.29 is 4.79 Å². The summed E-state index contributed by atoms with van der Waals surface area (Å²) < 4.78 is 1.76. The van der Waals surface area contributed by atoms with E-state index in [1.807, 2.05) is 0 Å². The van der Waals surface area contributed by atoms with Gasteiger partial charge < -0.3 is 15.6 Å². The summed E-state index contributed by atoms with van der Waals surface area (Å²) in [4.78, 5) is 16.2. The maximum Gasteiger partial charge on any atom is 0.231 e. The van der Waals surface area contributed by atoms with E-state index in [-0.39, 0.29) is 12.5 Å². The van der Waals surface area contributed by atoms with E-state index >= 15 is 0 Å². The molecule has 0 atom stereocenters. The van der Waals surface area contributed by atoms with E-state index in [9.17, 15) is 4.79 Å². The Morgan fingerprint density at radius 3 is 2.85 bits per heavy atom. The molecule has 1 aromatic heterocycles.